The summed E-state index contributed by atoms with van der Waals surface area (Å²) < 4.78 is 5.27. The standard InChI is InChI=1S/C28H31N5O2/c1-2-3-6-21-35-28(34)22-7-9-23(10-8-22)29-30-24-11-13-25(14-12-24)31-32-26-15-17-27(18-16-26)33-19-4-5-20-33/h7-18H,2-6,19-21H2,1H3. The van der Waals surface area contributed by atoms with Crippen LogP contribution in [0.15, 0.2) is 93.3 Å². The maximum Gasteiger partial charge on any atom is 0.338 e. The lowest BCUT2D eigenvalue weighted by atomic mass is 10.2. The zero-order valence-electron chi connectivity index (χ0n) is 20.1. The molecule has 0 radical (unpaired) electrons. The Hall–Kier alpha value is -3.87. The average Bonchev–Trinajstić information content (AvgIpc) is 3.45. The van der Waals surface area contributed by atoms with E-state index < -0.39 is 0 Å². The fourth-order valence-corrected chi connectivity index (χ4v) is 3.79. The highest BCUT2D eigenvalue weighted by molar-refractivity contribution is 5.89. The quantitative estimate of drug-likeness (QED) is 0.170. The summed E-state index contributed by atoms with van der Waals surface area (Å²) in [5.74, 6) is -0.308. The lowest BCUT2D eigenvalue weighted by Crippen LogP contribution is -2.17. The monoisotopic (exact) mass is 469 g/mol. The van der Waals surface area contributed by atoms with Crippen molar-refractivity contribution in [2.45, 2.75) is 39.0 Å². The zero-order valence-corrected chi connectivity index (χ0v) is 20.1. The summed E-state index contributed by atoms with van der Waals surface area (Å²) in [5.41, 5.74) is 4.69. The first kappa shape index (κ1) is 24.3. The first-order valence-electron chi connectivity index (χ1n) is 12.3. The molecule has 35 heavy (non-hydrogen) atoms. The Balaban J connectivity index is 1.28. The topological polar surface area (TPSA) is 79.0 Å². The Morgan fingerprint density at radius 3 is 1.66 bits per heavy atom. The van der Waals surface area contributed by atoms with E-state index in [1.54, 1.807) is 24.3 Å². The molecular formula is C28H31N5O2. The number of hydrogen-bond acceptors (Lipinski definition) is 7. The second-order valence-corrected chi connectivity index (χ2v) is 8.52. The van der Waals surface area contributed by atoms with E-state index in [1.807, 2.05) is 36.4 Å². The summed E-state index contributed by atoms with van der Waals surface area (Å²) >= 11 is 0. The third-order valence-corrected chi connectivity index (χ3v) is 5.82. The summed E-state index contributed by atoms with van der Waals surface area (Å²) in [7, 11) is 0. The minimum atomic E-state index is -0.308. The number of benzene rings is 3. The molecular weight excluding hydrogens is 438 g/mol. The normalized spacial score (nSPS) is 13.7. The van der Waals surface area contributed by atoms with Crippen LogP contribution < -0.4 is 4.90 Å². The molecule has 3 aromatic rings. The average molecular weight is 470 g/mol. The molecule has 180 valence electrons. The maximum absolute atomic E-state index is 12.0. The van der Waals surface area contributed by atoms with Gasteiger partial charge in [-0.3, -0.25) is 0 Å². The molecule has 1 fully saturated rings. The highest BCUT2D eigenvalue weighted by Crippen LogP contribution is 2.26. The molecule has 0 aromatic heterocycles. The van der Waals surface area contributed by atoms with Crippen LogP contribution in [0, 0.1) is 0 Å². The van der Waals surface area contributed by atoms with E-state index in [0.717, 1.165) is 43.7 Å². The van der Waals surface area contributed by atoms with Crippen molar-refractivity contribution in [3.63, 3.8) is 0 Å². The highest BCUT2D eigenvalue weighted by atomic mass is 16.5. The molecule has 0 aliphatic carbocycles. The van der Waals surface area contributed by atoms with Crippen LogP contribution in [0.1, 0.15) is 49.4 Å². The van der Waals surface area contributed by atoms with Crippen LogP contribution in [0.3, 0.4) is 0 Å². The number of carbonyl (C=O) groups is 1. The number of unbranched alkanes of at least 4 members (excludes halogenated alkanes) is 2. The molecule has 0 N–H and O–H groups in total. The van der Waals surface area contributed by atoms with Crippen molar-refractivity contribution in [2.24, 2.45) is 20.5 Å². The number of ether oxygens (including phenoxy) is 1. The third kappa shape index (κ3) is 7.30. The predicted octanol–water partition coefficient (Wildman–Crippen LogP) is 8.46. The Morgan fingerprint density at radius 2 is 1.17 bits per heavy atom. The van der Waals surface area contributed by atoms with Crippen LogP contribution in [-0.4, -0.2) is 25.7 Å². The minimum Gasteiger partial charge on any atom is -0.462 e. The molecule has 7 heteroatoms. The molecule has 0 unspecified atom stereocenters. The molecule has 1 aliphatic heterocycles. The molecule has 3 aromatic carbocycles. The fourth-order valence-electron chi connectivity index (χ4n) is 3.79. The predicted molar refractivity (Wildman–Crippen MR) is 139 cm³/mol. The molecule has 0 saturated carbocycles. The van der Waals surface area contributed by atoms with Crippen molar-refractivity contribution < 1.29 is 9.53 Å². The zero-order chi connectivity index (χ0) is 24.3. The molecule has 4 rings (SSSR count). The maximum atomic E-state index is 12.0. The fraction of sp³-hybridized carbons (Fsp3) is 0.321. The number of azo groups is 2. The van der Waals surface area contributed by atoms with Crippen molar-refractivity contribution in [2.75, 3.05) is 24.6 Å². The van der Waals surface area contributed by atoms with Gasteiger partial charge >= 0.3 is 5.97 Å². The van der Waals surface area contributed by atoms with E-state index in [9.17, 15) is 4.79 Å². The molecule has 1 aliphatic rings. The van der Waals surface area contributed by atoms with Gasteiger partial charge in [-0.05, 0) is 92.1 Å². The van der Waals surface area contributed by atoms with E-state index in [1.165, 1.54) is 18.5 Å². The highest BCUT2D eigenvalue weighted by Gasteiger charge is 2.11. The van der Waals surface area contributed by atoms with Crippen LogP contribution in [0.5, 0.6) is 0 Å². The molecule has 1 heterocycles. The van der Waals surface area contributed by atoms with Gasteiger partial charge in [0.1, 0.15) is 0 Å². The van der Waals surface area contributed by atoms with Crippen LogP contribution in [0.2, 0.25) is 0 Å². The SMILES string of the molecule is CCCCCOC(=O)c1ccc(N=Nc2ccc(N=Nc3ccc(N4CCCC4)cc3)cc2)cc1. The third-order valence-electron chi connectivity index (χ3n) is 5.82. The van der Waals surface area contributed by atoms with Crippen LogP contribution in [-0.2, 0) is 4.74 Å². The van der Waals surface area contributed by atoms with Crippen molar-refractivity contribution >= 4 is 34.4 Å². The molecule has 0 spiro atoms. The number of nitrogens with zero attached hydrogens (tertiary/aromatic N) is 5. The molecule has 0 bridgehead atoms. The van der Waals surface area contributed by atoms with Gasteiger partial charge in [0.25, 0.3) is 0 Å². The lowest BCUT2D eigenvalue weighted by Gasteiger charge is -2.17. The van der Waals surface area contributed by atoms with Gasteiger partial charge in [0.05, 0.1) is 34.9 Å². The van der Waals surface area contributed by atoms with Gasteiger partial charge in [-0.2, -0.15) is 20.5 Å². The van der Waals surface area contributed by atoms with E-state index >= 15 is 0 Å². The summed E-state index contributed by atoms with van der Waals surface area (Å²) in [4.78, 5) is 14.4. The molecule has 0 atom stereocenters. The van der Waals surface area contributed by atoms with Crippen molar-refractivity contribution in [3.05, 3.63) is 78.4 Å². The number of hydrogen-bond donors (Lipinski definition) is 0. The largest absolute Gasteiger partial charge is 0.462 e. The van der Waals surface area contributed by atoms with Crippen molar-refractivity contribution in [1.82, 2.24) is 0 Å². The van der Waals surface area contributed by atoms with Gasteiger partial charge in [-0.1, -0.05) is 19.8 Å². The molecule has 7 nitrogen and oxygen atoms in total. The minimum absolute atomic E-state index is 0.308. The van der Waals surface area contributed by atoms with Crippen LogP contribution >= 0.6 is 0 Å². The summed E-state index contributed by atoms with van der Waals surface area (Å²) in [6.45, 7) is 4.83. The van der Waals surface area contributed by atoms with Crippen LogP contribution in [0.4, 0.5) is 28.4 Å². The van der Waals surface area contributed by atoms with Crippen molar-refractivity contribution in [1.29, 1.82) is 0 Å². The summed E-state index contributed by atoms with van der Waals surface area (Å²) in [6, 6.07) is 22.5. The van der Waals surface area contributed by atoms with Gasteiger partial charge in [0.2, 0.25) is 0 Å². The second kappa shape index (κ2) is 12.6. The molecule has 0 amide bonds. The van der Waals surface area contributed by atoms with Crippen LogP contribution in [0.25, 0.3) is 0 Å². The van der Waals surface area contributed by atoms with E-state index in [2.05, 4.69) is 44.4 Å². The number of anilines is 1. The van der Waals surface area contributed by atoms with Gasteiger partial charge in [-0.25, -0.2) is 4.79 Å². The smallest absolute Gasteiger partial charge is 0.338 e. The Labute approximate surface area is 206 Å². The first-order chi connectivity index (χ1) is 17.2. The van der Waals surface area contributed by atoms with Gasteiger partial charge in [0.15, 0.2) is 0 Å². The lowest BCUT2D eigenvalue weighted by molar-refractivity contribution is 0.0498. The summed E-state index contributed by atoms with van der Waals surface area (Å²) in [6.07, 6.45) is 5.57. The van der Waals surface area contributed by atoms with Gasteiger partial charge < -0.3 is 9.64 Å². The van der Waals surface area contributed by atoms with E-state index in [4.69, 9.17) is 4.74 Å². The van der Waals surface area contributed by atoms with Gasteiger partial charge in [-0.15, -0.1) is 0 Å². The first-order valence-corrected chi connectivity index (χ1v) is 12.3. The van der Waals surface area contributed by atoms with E-state index in [-0.39, 0.29) is 5.97 Å². The number of carbonyl (C=O) groups excluding carboxylic acids is 1. The summed E-state index contributed by atoms with van der Waals surface area (Å²) in [5, 5.41) is 17.2. The Kier molecular flexibility index (Phi) is 8.70. The van der Waals surface area contributed by atoms with Crippen molar-refractivity contribution in [3.8, 4) is 0 Å². The number of rotatable bonds is 10. The number of esters is 1. The van der Waals surface area contributed by atoms with Gasteiger partial charge in [0, 0.05) is 18.8 Å². The Morgan fingerprint density at radius 1 is 0.714 bits per heavy atom. The molecule has 1 saturated heterocycles. The second-order valence-electron chi connectivity index (χ2n) is 8.52. The van der Waals surface area contributed by atoms with E-state index in [0.29, 0.717) is 23.5 Å². The Bertz CT molecular complexity index is 1130.